The van der Waals surface area contributed by atoms with Crippen molar-refractivity contribution in [3.05, 3.63) is 22.5 Å². The van der Waals surface area contributed by atoms with Crippen LogP contribution in [-0.2, 0) is 11.2 Å². The molecule has 0 fully saturated rings. The molecule has 2 aromatic heterocycles. The number of nitrogens with zero attached hydrogens (tertiary/aromatic N) is 3. The van der Waals surface area contributed by atoms with E-state index in [1.54, 1.807) is 12.5 Å². The van der Waals surface area contributed by atoms with E-state index in [0.717, 1.165) is 11.3 Å². The first-order valence-corrected chi connectivity index (χ1v) is 8.14. The Hall–Kier alpha value is -0.680. The van der Waals surface area contributed by atoms with Gasteiger partial charge < -0.3 is 4.55 Å². The molecule has 0 amide bonds. The second-order valence-electron chi connectivity index (χ2n) is 2.72. The smallest absolute Gasteiger partial charge is 0.344 e. The quantitative estimate of drug-likeness (QED) is 0.489. The van der Waals surface area contributed by atoms with Crippen LogP contribution in [0.15, 0.2) is 25.3 Å². The Morgan fingerprint density at radius 2 is 2.00 bits per heavy atom. The predicted molar refractivity (Wildman–Crippen MR) is 67.3 cm³/mol. The average molecular weight is 307 g/mol. The van der Waals surface area contributed by atoms with Crippen molar-refractivity contribution in [2.45, 2.75) is 12.9 Å². The second kappa shape index (κ2) is 5.31. The van der Waals surface area contributed by atoms with Crippen molar-refractivity contribution in [1.82, 2.24) is 9.97 Å². The van der Waals surface area contributed by atoms with Crippen molar-refractivity contribution in [3.63, 3.8) is 0 Å². The topological polar surface area (TPSA) is 92.0 Å². The molecule has 0 spiro atoms. The van der Waals surface area contributed by atoms with E-state index < -0.39 is 16.1 Å². The maximum absolute atomic E-state index is 11.2. The van der Waals surface area contributed by atoms with E-state index in [1.807, 2.05) is 0 Å². The molecule has 1 unspecified atom stereocenters. The highest BCUT2D eigenvalue weighted by atomic mass is 32.2. The summed E-state index contributed by atoms with van der Waals surface area (Å²) in [5.41, 5.74) is 0. The second-order valence-corrected chi connectivity index (χ2v) is 7.86. The Balaban J connectivity index is 2.11. The molecule has 0 saturated heterocycles. The molecule has 0 bridgehead atoms. The molecule has 90 valence electrons. The van der Waals surface area contributed by atoms with E-state index in [2.05, 4.69) is 9.97 Å². The summed E-state index contributed by atoms with van der Waals surface area (Å²) in [6.07, 6.45) is 4.35. The molecule has 0 aliphatic heterocycles. The third-order valence-electron chi connectivity index (χ3n) is 1.57. The lowest BCUT2D eigenvalue weighted by Gasteiger charge is -1.96. The summed E-state index contributed by atoms with van der Waals surface area (Å²) in [6, 6.07) is 0. The van der Waals surface area contributed by atoms with E-state index in [9.17, 15) is 14.7 Å². The monoisotopic (exact) mass is 307 g/mol. The Bertz CT molecular complexity index is 538. The molecule has 0 aliphatic carbocycles. The molecule has 1 atom stereocenters. The molecule has 0 aromatic carbocycles. The molecule has 17 heavy (non-hydrogen) atoms. The van der Waals surface area contributed by atoms with Crippen LogP contribution in [0.25, 0.3) is 0 Å². The molecular formula is C7H5N3O3S4. The van der Waals surface area contributed by atoms with Gasteiger partial charge in [0.2, 0.25) is 4.21 Å². The largest absolute Gasteiger partial charge is 0.611 e. The van der Waals surface area contributed by atoms with Crippen LogP contribution in [0.1, 0.15) is 0 Å². The van der Waals surface area contributed by atoms with Gasteiger partial charge in [0.1, 0.15) is 12.5 Å². The van der Waals surface area contributed by atoms with Gasteiger partial charge in [-0.05, 0) is 34.3 Å². The van der Waals surface area contributed by atoms with Crippen molar-refractivity contribution in [1.29, 1.82) is 0 Å². The fourth-order valence-corrected chi connectivity index (χ4v) is 4.64. The lowest BCUT2D eigenvalue weighted by molar-refractivity contribution is -0.380. The van der Waals surface area contributed by atoms with Gasteiger partial charge in [-0.3, -0.25) is 10.1 Å². The highest BCUT2D eigenvalue weighted by Gasteiger charge is 2.16. The van der Waals surface area contributed by atoms with Crippen LogP contribution in [0.2, 0.25) is 0 Å². The van der Waals surface area contributed by atoms with E-state index in [1.165, 1.54) is 29.3 Å². The lowest BCUT2D eigenvalue weighted by Crippen LogP contribution is -1.91. The van der Waals surface area contributed by atoms with Crippen LogP contribution in [0.3, 0.4) is 0 Å². The lowest BCUT2D eigenvalue weighted by atomic mass is 10.9. The third kappa shape index (κ3) is 3.16. The Morgan fingerprint density at radius 1 is 1.35 bits per heavy atom. The standard InChI is InChI=1S/C7H5N3O3S4/c1-17(13)5-3-9-7(15-5)16-6-8-2-4(14-6)10(11)12/h2-3H,1H3. The van der Waals surface area contributed by atoms with Crippen molar-refractivity contribution in [2.75, 3.05) is 6.26 Å². The minimum Gasteiger partial charge on any atom is -0.611 e. The first kappa shape index (κ1) is 12.8. The number of rotatable bonds is 4. The van der Waals surface area contributed by atoms with Gasteiger partial charge in [0, 0.05) is 0 Å². The Kier molecular flexibility index (Phi) is 3.99. The average Bonchev–Trinajstić information content (AvgIpc) is 2.87. The molecule has 0 aliphatic rings. The number of aromatic nitrogens is 2. The highest BCUT2D eigenvalue weighted by molar-refractivity contribution is 8.03. The van der Waals surface area contributed by atoms with Crippen molar-refractivity contribution >= 4 is 50.6 Å². The van der Waals surface area contributed by atoms with E-state index in [0.29, 0.717) is 12.9 Å². The van der Waals surface area contributed by atoms with Gasteiger partial charge >= 0.3 is 5.00 Å². The van der Waals surface area contributed by atoms with E-state index in [-0.39, 0.29) is 5.00 Å². The molecule has 10 heteroatoms. The van der Waals surface area contributed by atoms with E-state index in [4.69, 9.17) is 0 Å². The van der Waals surface area contributed by atoms with Crippen LogP contribution in [-0.4, -0.2) is 25.7 Å². The minimum absolute atomic E-state index is 0.00310. The summed E-state index contributed by atoms with van der Waals surface area (Å²) in [7, 11) is 0. The van der Waals surface area contributed by atoms with Gasteiger partial charge in [-0.15, -0.1) is 0 Å². The molecule has 2 heterocycles. The normalized spacial score (nSPS) is 12.6. The zero-order valence-corrected chi connectivity index (χ0v) is 11.6. The van der Waals surface area contributed by atoms with Gasteiger partial charge in [-0.25, -0.2) is 9.97 Å². The first-order chi connectivity index (χ1) is 8.06. The third-order valence-corrected chi connectivity index (χ3v) is 6.09. The van der Waals surface area contributed by atoms with Crippen LogP contribution < -0.4 is 0 Å². The van der Waals surface area contributed by atoms with Gasteiger partial charge in [0.15, 0.2) is 8.68 Å². The van der Waals surface area contributed by atoms with Crippen molar-refractivity contribution in [2.24, 2.45) is 0 Å². The SMILES string of the molecule is C[S+]([O-])c1cnc(Sc2ncc([N+](=O)[O-])s2)s1. The fraction of sp³-hybridized carbons (Fsp3) is 0.143. The maximum Gasteiger partial charge on any atom is 0.344 e. The predicted octanol–water partition coefficient (Wildman–Crippen LogP) is 2.40. The van der Waals surface area contributed by atoms with Gasteiger partial charge in [0.05, 0.1) is 11.1 Å². The van der Waals surface area contributed by atoms with Crippen LogP contribution in [0.4, 0.5) is 5.00 Å². The fourth-order valence-electron chi connectivity index (χ4n) is 0.881. The minimum atomic E-state index is -1.05. The summed E-state index contributed by atoms with van der Waals surface area (Å²) in [5, 5.41) is 10.5. The molecule has 0 N–H and O–H groups in total. The highest BCUT2D eigenvalue weighted by Crippen LogP contribution is 2.36. The summed E-state index contributed by atoms with van der Waals surface area (Å²) < 4.78 is 13.1. The summed E-state index contributed by atoms with van der Waals surface area (Å²) >= 11 is 2.49. The maximum atomic E-state index is 11.2. The van der Waals surface area contributed by atoms with Crippen molar-refractivity contribution < 1.29 is 9.48 Å². The zero-order valence-electron chi connectivity index (χ0n) is 8.35. The van der Waals surface area contributed by atoms with Gasteiger partial charge in [-0.2, -0.15) is 0 Å². The molecule has 0 saturated carbocycles. The summed E-state index contributed by atoms with van der Waals surface area (Å²) in [4.78, 5) is 18.0. The summed E-state index contributed by atoms with van der Waals surface area (Å²) in [5.74, 6) is 0. The number of hydrogen-bond donors (Lipinski definition) is 0. The Labute approximate surface area is 111 Å². The number of thiazole rings is 2. The molecule has 0 radical (unpaired) electrons. The van der Waals surface area contributed by atoms with Crippen LogP contribution in [0.5, 0.6) is 0 Å². The van der Waals surface area contributed by atoms with Gasteiger partial charge in [-0.1, -0.05) is 11.3 Å². The Morgan fingerprint density at radius 3 is 2.53 bits per heavy atom. The van der Waals surface area contributed by atoms with E-state index >= 15 is 0 Å². The van der Waals surface area contributed by atoms with Crippen LogP contribution in [0, 0.1) is 10.1 Å². The van der Waals surface area contributed by atoms with Crippen LogP contribution >= 0.6 is 34.4 Å². The molecule has 2 aromatic rings. The molecule has 2 rings (SSSR count). The molecular weight excluding hydrogens is 302 g/mol. The zero-order chi connectivity index (χ0) is 12.4. The molecule has 6 nitrogen and oxygen atoms in total. The van der Waals surface area contributed by atoms with Gasteiger partial charge in [0.25, 0.3) is 0 Å². The number of hydrogen-bond acceptors (Lipinski definition) is 8. The summed E-state index contributed by atoms with van der Waals surface area (Å²) in [6.45, 7) is 0. The number of nitro groups is 1. The van der Waals surface area contributed by atoms with Crippen molar-refractivity contribution in [3.8, 4) is 0 Å². The first-order valence-electron chi connectivity index (χ1n) is 4.13.